The largest absolute Gasteiger partial charge is 0.301 e. The minimum absolute atomic E-state index is 0.273. The maximum Gasteiger partial charge on any atom is 0.0468 e. The second-order valence-corrected chi connectivity index (χ2v) is 7.25. The lowest BCUT2D eigenvalue weighted by atomic mass is 9.85. The standard InChI is InChI=1S/C16H17Cl2N3S/c1-21-8-14(10-2-4-12(5-3-10)22-20-19)13-6-11(17)7-16(18)15(13)9-21/h2-7,14,20H,8-9,19H2,1H3. The molecule has 0 spiro atoms. The van der Waals surface area contributed by atoms with Crippen molar-refractivity contribution in [3.05, 3.63) is 63.1 Å². The van der Waals surface area contributed by atoms with Gasteiger partial charge in [-0.3, -0.25) is 5.84 Å². The monoisotopic (exact) mass is 353 g/mol. The van der Waals surface area contributed by atoms with Gasteiger partial charge < -0.3 is 4.90 Å². The van der Waals surface area contributed by atoms with E-state index < -0.39 is 0 Å². The Hall–Kier alpha value is -0.750. The number of benzene rings is 2. The van der Waals surface area contributed by atoms with Crippen LogP contribution in [0.5, 0.6) is 0 Å². The molecule has 22 heavy (non-hydrogen) atoms. The number of likely N-dealkylation sites (N-methyl/N-ethyl adjacent to an activating group) is 1. The van der Waals surface area contributed by atoms with Gasteiger partial charge in [0.15, 0.2) is 0 Å². The molecule has 0 amide bonds. The number of nitrogens with zero attached hydrogens (tertiary/aromatic N) is 1. The molecule has 6 heteroatoms. The van der Waals surface area contributed by atoms with Crippen molar-refractivity contribution >= 4 is 35.1 Å². The van der Waals surface area contributed by atoms with Gasteiger partial charge in [-0.05, 0) is 60.0 Å². The highest BCUT2D eigenvalue weighted by atomic mass is 35.5. The minimum atomic E-state index is 0.273. The Labute approximate surface area is 144 Å². The smallest absolute Gasteiger partial charge is 0.0468 e. The molecule has 0 saturated carbocycles. The molecule has 2 aromatic rings. The van der Waals surface area contributed by atoms with Crippen LogP contribution in [-0.2, 0) is 6.54 Å². The van der Waals surface area contributed by atoms with Crippen LogP contribution in [-0.4, -0.2) is 18.5 Å². The fourth-order valence-corrected chi connectivity index (χ4v) is 3.94. The summed E-state index contributed by atoms with van der Waals surface area (Å²) in [5.41, 5.74) is 3.66. The predicted molar refractivity (Wildman–Crippen MR) is 94.3 cm³/mol. The molecule has 3 nitrogen and oxygen atoms in total. The van der Waals surface area contributed by atoms with Crippen molar-refractivity contribution in [2.45, 2.75) is 17.4 Å². The number of hydrogen-bond acceptors (Lipinski definition) is 4. The average molecular weight is 354 g/mol. The fraction of sp³-hybridized carbons (Fsp3) is 0.250. The average Bonchev–Trinajstić information content (AvgIpc) is 2.49. The maximum atomic E-state index is 6.40. The number of fused-ring (bicyclic) bond motifs is 1. The summed E-state index contributed by atoms with van der Waals surface area (Å²) in [4.78, 5) is 5.97. The molecule has 0 saturated heterocycles. The SMILES string of the molecule is CN1Cc2c(Cl)cc(Cl)cc2C(c2ccc(SNN)cc2)C1. The van der Waals surface area contributed by atoms with Crippen molar-refractivity contribution in [3.63, 3.8) is 0 Å². The summed E-state index contributed by atoms with van der Waals surface area (Å²) in [6.45, 7) is 1.80. The first kappa shape index (κ1) is 16.1. The molecule has 1 aliphatic rings. The zero-order valence-electron chi connectivity index (χ0n) is 12.1. The summed E-state index contributed by atoms with van der Waals surface area (Å²) < 4.78 is 0. The van der Waals surface area contributed by atoms with Crippen LogP contribution in [0.1, 0.15) is 22.6 Å². The fourth-order valence-electron chi connectivity index (χ4n) is 2.97. The highest BCUT2D eigenvalue weighted by Crippen LogP contribution is 2.38. The third-order valence-electron chi connectivity index (χ3n) is 3.95. The van der Waals surface area contributed by atoms with Crippen molar-refractivity contribution in [1.29, 1.82) is 0 Å². The van der Waals surface area contributed by atoms with Crippen molar-refractivity contribution in [3.8, 4) is 0 Å². The molecule has 3 rings (SSSR count). The van der Waals surface area contributed by atoms with Crippen LogP contribution in [0.2, 0.25) is 10.0 Å². The summed E-state index contributed by atoms with van der Waals surface area (Å²) in [6, 6.07) is 12.3. The van der Waals surface area contributed by atoms with Crippen LogP contribution in [0.25, 0.3) is 0 Å². The Morgan fingerprint density at radius 3 is 2.64 bits per heavy atom. The number of halogens is 2. The van der Waals surface area contributed by atoms with Crippen LogP contribution < -0.4 is 10.7 Å². The molecular formula is C16H17Cl2N3S. The Bertz CT molecular complexity index is 676. The Balaban J connectivity index is 2.01. The summed E-state index contributed by atoms with van der Waals surface area (Å²) in [5.74, 6) is 5.61. The van der Waals surface area contributed by atoms with Gasteiger partial charge in [0.1, 0.15) is 0 Å². The molecule has 1 aliphatic heterocycles. The topological polar surface area (TPSA) is 41.3 Å². The molecule has 0 fully saturated rings. The van der Waals surface area contributed by atoms with E-state index in [1.54, 1.807) is 0 Å². The van der Waals surface area contributed by atoms with E-state index >= 15 is 0 Å². The van der Waals surface area contributed by atoms with Crippen LogP contribution in [0, 0.1) is 0 Å². The molecule has 2 aromatic carbocycles. The van der Waals surface area contributed by atoms with Crippen LogP contribution in [0.3, 0.4) is 0 Å². The van der Waals surface area contributed by atoms with Gasteiger partial charge in [0, 0.05) is 33.9 Å². The summed E-state index contributed by atoms with van der Waals surface area (Å²) in [7, 11) is 2.11. The van der Waals surface area contributed by atoms with Gasteiger partial charge in [0.25, 0.3) is 0 Å². The van der Waals surface area contributed by atoms with E-state index in [0.29, 0.717) is 5.02 Å². The van der Waals surface area contributed by atoms with Gasteiger partial charge in [-0.1, -0.05) is 35.3 Å². The van der Waals surface area contributed by atoms with E-state index in [2.05, 4.69) is 41.0 Å². The second kappa shape index (κ2) is 6.79. The van der Waals surface area contributed by atoms with E-state index in [-0.39, 0.29) is 5.92 Å². The lowest BCUT2D eigenvalue weighted by Crippen LogP contribution is -2.31. The maximum absolute atomic E-state index is 6.40. The van der Waals surface area contributed by atoms with Gasteiger partial charge in [0.2, 0.25) is 0 Å². The highest BCUT2D eigenvalue weighted by molar-refractivity contribution is 7.97. The Kier molecular flexibility index (Phi) is 4.97. The van der Waals surface area contributed by atoms with Gasteiger partial charge in [-0.15, -0.1) is 0 Å². The normalized spacial score (nSPS) is 18.3. The van der Waals surface area contributed by atoms with E-state index in [9.17, 15) is 0 Å². The number of nitrogens with two attached hydrogens (primary N) is 1. The number of nitrogens with one attached hydrogen (secondary N) is 1. The van der Waals surface area contributed by atoms with E-state index in [1.165, 1.54) is 28.6 Å². The first-order valence-electron chi connectivity index (χ1n) is 6.97. The molecule has 0 aliphatic carbocycles. The van der Waals surface area contributed by atoms with Crippen LogP contribution >= 0.6 is 35.1 Å². The Morgan fingerprint density at radius 1 is 1.23 bits per heavy atom. The number of hydrogen-bond donors (Lipinski definition) is 2. The predicted octanol–water partition coefficient (Wildman–Crippen LogP) is 4.04. The molecule has 116 valence electrons. The van der Waals surface area contributed by atoms with Crippen LogP contribution in [0.15, 0.2) is 41.3 Å². The van der Waals surface area contributed by atoms with Gasteiger partial charge in [-0.2, -0.15) is 4.83 Å². The summed E-state index contributed by atoms with van der Waals surface area (Å²) in [6.07, 6.45) is 0. The summed E-state index contributed by atoms with van der Waals surface area (Å²) in [5, 5.41) is 1.44. The van der Waals surface area contributed by atoms with Gasteiger partial charge >= 0.3 is 0 Å². The quantitative estimate of drug-likeness (QED) is 0.496. The van der Waals surface area contributed by atoms with Gasteiger partial charge in [-0.25, -0.2) is 0 Å². The van der Waals surface area contributed by atoms with E-state index in [0.717, 1.165) is 23.0 Å². The third kappa shape index (κ3) is 3.27. The number of rotatable bonds is 3. The van der Waals surface area contributed by atoms with Crippen molar-refractivity contribution in [2.75, 3.05) is 13.6 Å². The molecule has 0 aromatic heterocycles. The zero-order valence-corrected chi connectivity index (χ0v) is 14.5. The minimum Gasteiger partial charge on any atom is -0.301 e. The first-order valence-corrected chi connectivity index (χ1v) is 8.54. The van der Waals surface area contributed by atoms with E-state index in [4.69, 9.17) is 29.0 Å². The third-order valence-corrected chi connectivity index (χ3v) is 5.13. The molecule has 1 heterocycles. The Morgan fingerprint density at radius 2 is 1.95 bits per heavy atom. The molecular weight excluding hydrogens is 337 g/mol. The molecule has 1 unspecified atom stereocenters. The first-order chi connectivity index (χ1) is 10.6. The molecule has 0 radical (unpaired) electrons. The lowest BCUT2D eigenvalue weighted by Gasteiger charge is -2.33. The molecule has 0 bridgehead atoms. The molecule has 3 N–H and O–H groups in total. The van der Waals surface area contributed by atoms with Crippen molar-refractivity contribution in [1.82, 2.24) is 9.73 Å². The summed E-state index contributed by atoms with van der Waals surface area (Å²) >= 11 is 14.0. The molecule has 1 atom stereocenters. The van der Waals surface area contributed by atoms with Crippen LogP contribution in [0.4, 0.5) is 0 Å². The highest BCUT2D eigenvalue weighted by Gasteiger charge is 2.26. The zero-order chi connectivity index (χ0) is 15.7. The second-order valence-electron chi connectivity index (χ2n) is 5.49. The van der Waals surface area contributed by atoms with Crippen molar-refractivity contribution in [2.24, 2.45) is 5.84 Å². The van der Waals surface area contributed by atoms with Crippen molar-refractivity contribution < 1.29 is 0 Å². The lowest BCUT2D eigenvalue weighted by molar-refractivity contribution is 0.295. The number of hydrazine groups is 1. The van der Waals surface area contributed by atoms with E-state index in [1.807, 2.05) is 12.1 Å². The van der Waals surface area contributed by atoms with Gasteiger partial charge in [0.05, 0.1) is 0 Å².